The fraction of sp³-hybridized carbons (Fsp3) is 0.379. The Morgan fingerprint density at radius 3 is 1.48 bits per heavy atom. The molecule has 2 aliphatic heterocycles. The van der Waals surface area contributed by atoms with Gasteiger partial charge < -0.3 is 16.0 Å². The van der Waals surface area contributed by atoms with Crippen molar-refractivity contribution in [2.45, 2.75) is 31.5 Å². The summed E-state index contributed by atoms with van der Waals surface area (Å²) in [5.74, 6) is 0. The highest BCUT2D eigenvalue weighted by atomic mass is 15.3. The van der Waals surface area contributed by atoms with Gasteiger partial charge in [-0.1, -0.05) is 91.0 Å². The summed E-state index contributed by atoms with van der Waals surface area (Å²) in [6, 6.07) is 34.0. The van der Waals surface area contributed by atoms with E-state index in [1.54, 1.807) is 0 Å². The molecule has 0 saturated carbocycles. The van der Waals surface area contributed by atoms with Crippen LogP contribution in [0.1, 0.15) is 30.5 Å². The van der Waals surface area contributed by atoms with Crippen molar-refractivity contribution in [3.8, 4) is 0 Å². The second kappa shape index (κ2) is 11.6. The Morgan fingerprint density at radius 2 is 1.12 bits per heavy atom. The van der Waals surface area contributed by atoms with Crippen LogP contribution >= 0.6 is 0 Å². The number of rotatable bonds is 4. The van der Waals surface area contributed by atoms with Crippen LogP contribution in [0.3, 0.4) is 0 Å². The maximum atomic E-state index is 3.60. The van der Waals surface area contributed by atoms with Gasteiger partial charge in [-0.15, -0.1) is 0 Å². The Kier molecular flexibility index (Phi) is 8.30. The molecule has 3 N–H and O–H groups in total. The standard InChI is InChI=1S/C24H26N2.C5H12N2/c1-20-19-26(18-17-25-20)24(21-11-5-2-6-12-21,22-13-7-3-8-14-22)23-15-9-4-10-16-23;1-5-4-6-2-3-7-5/h2-16,20,25H,17-19H2,1H3;5-7H,2-4H2,1H3/t20-;5-/m11/s1. The van der Waals surface area contributed by atoms with Crippen molar-refractivity contribution >= 4 is 0 Å². The highest BCUT2D eigenvalue weighted by Gasteiger charge is 2.43. The minimum atomic E-state index is -0.278. The normalized spacial score (nSPS) is 21.6. The Hall–Kier alpha value is -2.50. The molecule has 0 aromatic heterocycles. The lowest BCUT2D eigenvalue weighted by Gasteiger charge is -2.48. The van der Waals surface area contributed by atoms with Gasteiger partial charge in [-0.25, -0.2) is 0 Å². The Balaban J connectivity index is 0.000000318. The molecule has 3 aromatic carbocycles. The summed E-state index contributed by atoms with van der Waals surface area (Å²) in [4.78, 5) is 2.65. The first-order valence-corrected chi connectivity index (χ1v) is 12.3. The molecule has 33 heavy (non-hydrogen) atoms. The lowest BCUT2D eigenvalue weighted by molar-refractivity contribution is 0.115. The van der Waals surface area contributed by atoms with E-state index < -0.39 is 0 Å². The Morgan fingerprint density at radius 1 is 0.636 bits per heavy atom. The minimum Gasteiger partial charge on any atom is -0.314 e. The molecule has 0 unspecified atom stereocenters. The number of piperazine rings is 2. The van der Waals surface area contributed by atoms with Crippen molar-refractivity contribution in [3.63, 3.8) is 0 Å². The van der Waals surface area contributed by atoms with Crippen LogP contribution in [0.4, 0.5) is 0 Å². The van der Waals surface area contributed by atoms with Crippen molar-refractivity contribution in [1.29, 1.82) is 0 Å². The van der Waals surface area contributed by atoms with Gasteiger partial charge in [0.1, 0.15) is 0 Å². The van der Waals surface area contributed by atoms with Crippen LogP contribution in [0.25, 0.3) is 0 Å². The SMILES string of the molecule is C[C@@H]1CN(C(c2ccccc2)(c2ccccc2)c2ccccc2)CCN1.C[C@@H]1CNCCN1. The lowest BCUT2D eigenvalue weighted by Crippen LogP contribution is -2.58. The third-order valence-electron chi connectivity index (χ3n) is 6.66. The molecule has 4 heteroatoms. The first kappa shape index (κ1) is 23.7. The molecule has 2 aliphatic rings. The van der Waals surface area contributed by atoms with E-state index in [0.29, 0.717) is 12.1 Å². The van der Waals surface area contributed by atoms with E-state index in [2.05, 4.69) is 126 Å². The summed E-state index contributed by atoms with van der Waals surface area (Å²) in [5, 5.41) is 10.2. The van der Waals surface area contributed by atoms with Crippen LogP contribution in [0, 0.1) is 0 Å². The summed E-state index contributed by atoms with van der Waals surface area (Å²) in [7, 11) is 0. The molecule has 2 atom stereocenters. The first-order valence-electron chi connectivity index (χ1n) is 12.3. The topological polar surface area (TPSA) is 39.3 Å². The van der Waals surface area contributed by atoms with Crippen molar-refractivity contribution in [2.75, 3.05) is 39.3 Å². The highest BCUT2D eigenvalue weighted by molar-refractivity contribution is 5.49. The fourth-order valence-corrected chi connectivity index (χ4v) is 5.12. The zero-order chi connectivity index (χ0) is 22.9. The highest BCUT2D eigenvalue weighted by Crippen LogP contribution is 2.42. The summed E-state index contributed by atoms with van der Waals surface area (Å²) in [5.41, 5.74) is 3.70. The van der Waals surface area contributed by atoms with Crippen LogP contribution in [0.2, 0.25) is 0 Å². The van der Waals surface area contributed by atoms with Crippen LogP contribution in [0.15, 0.2) is 91.0 Å². The zero-order valence-corrected chi connectivity index (χ0v) is 20.0. The van der Waals surface area contributed by atoms with E-state index in [-0.39, 0.29) is 5.54 Å². The third-order valence-corrected chi connectivity index (χ3v) is 6.66. The molecule has 3 aromatic rings. The van der Waals surface area contributed by atoms with Crippen LogP contribution < -0.4 is 16.0 Å². The maximum Gasteiger partial charge on any atom is 0.0973 e. The molecule has 2 fully saturated rings. The number of hydrogen-bond acceptors (Lipinski definition) is 4. The molecule has 4 nitrogen and oxygen atoms in total. The van der Waals surface area contributed by atoms with Crippen LogP contribution in [-0.2, 0) is 5.54 Å². The van der Waals surface area contributed by atoms with Crippen LogP contribution in [0.5, 0.6) is 0 Å². The zero-order valence-electron chi connectivity index (χ0n) is 20.0. The minimum absolute atomic E-state index is 0.278. The van der Waals surface area contributed by atoms with Crippen LogP contribution in [-0.4, -0.2) is 56.3 Å². The molecule has 0 spiro atoms. The molecule has 2 heterocycles. The van der Waals surface area contributed by atoms with Crippen molar-refractivity contribution in [3.05, 3.63) is 108 Å². The lowest BCUT2D eigenvalue weighted by atomic mass is 9.75. The largest absolute Gasteiger partial charge is 0.314 e. The second-order valence-electron chi connectivity index (χ2n) is 9.17. The van der Waals surface area contributed by atoms with Gasteiger partial charge in [0.15, 0.2) is 0 Å². The molecule has 2 saturated heterocycles. The predicted octanol–water partition coefficient (Wildman–Crippen LogP) is 3.84. The average Bonchev–Trinajstić information content (AvgIpc) is 2.88. The van der Waals surface area contributed by atoms with Gasteiger partial charge in [0.2, 0.25) is 0 Å². The maximum absolute atomic E-state index is 3.60. The Bertz CT molecular complexity index is 842. The molecule has 0 bridgehead atoms. The van der Waals surface area contributed by atoms with Gasteiger partial charge >= 0.3 is 0 Å². The molecule has 0 amide bonds. The van der Waals surface area contributed by atoms with E-state index in [1.807, 2.05) is 0 Å². The van der Waals surface area contributed by atoms with Gasteiger partial charge in [0, 0.05) is 51.4 Å². The summed E-state index contributed by atoms with van der Waals surface area (Å²) in [6.45, 7) is 10.9. The monoisotopic (exact) mass is 442 g/mol. The first-order chi connectivity index (χ1) is 16.2. The van der Waals surface area contributed by atoms with E-state index >= 15 is 0 Å². The fourth-order valence-electron chi connectivity index (χ4n) is 5.12. The molecular formula is C29H38N4. The number of benzene rings is 3. The molecule has 0 radical (unpaired) electrons. The van der Waals surface area contributed by atoms with Gasteiger partial charge in [-0.05, 0) is 30.5 Å². The second-order valence-corrected chi connectivity index (χ2v) is 9.17. The van der Waals surface area contributed by atoms with Gasteiger partial charge in [-0.2, -0.15) is 0 Å². The van der Waals surface area contributed by atoms with E-state index in [9.17, 15) is 0 Å². The van der Waals surface area contributed by atoms with Gasteiger partial charge in [0.25, 0.3) is 0 Å². The van der Waals surface area contributed by atoms with E-state index in [0.717, 1.165) is 39.3 Å². The summed E-state index contributed by atoms with van der Waals surface area (Å²) >= 11 is 0. The number of nitrogens with zero attached hydrogens (tertiary/aromatic N) is 1. The Labute approximate surface area is 199 Å². The van der Waals surface area contributed by atoms with Gasteiger partial charge in [0.05, 0.1) is 5.54 Å². The summed E-state index contributed by atoms with van der Waals surface area (Å²) < 4.78 is 0. The van der Waals surface area contributed by atoms with Crippen molar-refractivity contribution in [2.24, 2.45) is 0 Å². The third kappa shape index (κ3) is 5.53. The van der Waals surface area contributed by atoms with Crippen molar-refractivity contribution < 1.29 is 0 Å². The molecule has 0 aliphatic carbocycles. The smallest absolute Gasteiger partial charge is 0.0973 e. The summed E-state index contributed by atoms with van der Waals surface area (Å²) in [6.07, 6.45) is 0. The molecular weight excluding hydrogens is 404 g/mol. The van der Waals surface area contributed by atoms with Gasteiger partial charge in [-0.3, -0.25) is 4.90 Å². The number of hydrogen-bond donors (Lipinski definition) is 3. The van der Waals surface area contributed by atoms with Crippen molar-refractivity contribution in [1.82, 2.24) is 20.9 Å². The van der Waals surface area contributed by atoms with E-state index in [1.165, 1.54) is 16.7 Å². The average molecular weight is 443 g/mol. The molecule has 5 rings (SSSR count). The van der Waals surface area contributed by atoms with E-state index in [4.69, 9.17) is 0 Å². The molecule has 174 valence electrons. The number of nitrogens with one attached hydrogen (secondary N) is 3. The predicted molar refractivity (Wildman–Crippen MR) is 139 cm³/mol. The quantitative estimate of drug-likeness (QED) is 0.537.